The van der Waals surface area contributed by atoms with Crippen molar-refractivity contribution in [1.29, 1.82) is 0 Å². The quantitative estimate of drug-likeness (QED) is 0.384. The molecule has 198 valence electrons. The molecule has 2 unspecified atom stereocenters. The van der Waals surface area contributed by atoms with Gasteiger partial charge in [-0.15, -0.1) is 0 Å². The van der Waals surface area contributed by atoms with E-state index in [0.717, 1.165) is 18.4 Å². The number of benzene rings is 1. The molecule has 3 rings (SSSR count). The summed E-state index contributed by atoms with van der Waals surface area (Å²) in [6.45, 7) is 11.5. The Bertz CT molecular complexity index is 1170. The molecule has 1 aliphatic rings. The highest BCUT2D eigenvalue weighted by atomic mass is 19.1. The summed E-state index contributed by atoms with van der Waals surface area (Å²) in [6, 6.07) is 3.33. The third kappa shape index (κ3) is 4.88. The van der Waals surface area contributed by atoms with E-state index in [1.807, 2.05) is 6.07 Å². The van der Waals surface area contributed by atoms with Crippen molar-refractivity contribution >= 4 is 5.97 Å². The van der Waals surface area contributed by atoms with Crippen LogP contribution in [0.2, 0.25) is 0 Å². The molecule has 0 fully saturated rings. The van der Waals surface area contributed by atoms with E-state index < -0.39 is 22.8 Å². The number of nitrogens with zero attached hydrogens (tertiary/aromatic N) is 1. The minimum atomic E-state index is -1.44. The summed E-state index contributed by atoms with van der Waals surface area (Å²) < 4.78 is 34.3. The van der Waals surface area contributed by atoms with Gasteiger partial charge in [0.2, 0.25) is 5.43 Å². The molecule has 1 N–H and O–H groups in total. The lowest BCUT2D eigenvalue weighted by Gasteiger charge is -2.48. The molecule has 7 nitrogen and oxygen atoms in total. The summed E-state index contributed by atoms with van der Waals surface area (Å²) in [5, 5.41) is 9.67. The first-order valence-corrected chi connectivity index (χ1v) is 12.6. The fraction of sp³-hybridized carbons (Fsp3) is 0.571. The number of carboxylic acids is 1. The van der Waals surface area contributed by atoms with Crippen molar-refractivity contribution in [3.63, 3.8) is 0 Å². The average Bonchev–Trinajstić information content (AvgIpc) is 2.86. The number of rotatable bonds is 11. The molecule has 0 saturated heterocycles. The Morgan fingerprint density at radius 2 is 1.89 bits per heavy atom. The molecule has 2 aromatic rings. The number of ether oxygens (including phenoxy) is 3. The molecular formula is C28H38FNO6. The topological polar surface area (TPSA) is 87.0 Å². The van der Waals surface area contributed by atoms with Crippen molar-refractivity contribution < 1.29 is 28.5 Å². The minimum Gasteiger partial charge on any atom is -0.493 e. The molecule has 2 heterocycles. The third-order valence-corrected chi connectivity index (χ3v) is 7.72. The van der Waals surface area contributed by atoms with Gasteiger partial charge < -0.3 is 23.9 Å². The second-order valence-electron chi connectivity index (χ2n) is 10.2. The molecule has 36 heavy (non-hydrogen) atoms. The number of carboxylic acid groups (broad SMARTS) is 1. The fourth-order valence-corrected chi connectivity index (χ4v) is 5.23. The molecule has 0 spiro atoms. The van der Waals surface area contributed by atoms with Crippen molar-refractivity contribution in [2.75, 3.05) is 27.4 Å². The van der Waals surface area contributed by atoms with Crippen LogP contribution in [0.4, 0.5) is 4.39 Å². The van der Waals surface area contributed by atoms with E-state index in [1.165, 1.54) is 13.3 Å². The normalized spacial score (nSPS) is 17.8. The Kier molecular flexibility index (Phi) is 8.49. The van der Waals surface area contributed by atoms with Crippen LogP contribution in [-0.4, -0.2) is 43.1 Å². The first-order chi connectivity index (χ1) is 17.0. The number of carbonyl (C=O) groups is 1. The van der Waals surface area contributed by atoms with Gasteiger partial charge in [-0.2, -0.15) is 0 Å². The van der Waals surface area contributed by atoms with Crippen LogP contribution in [0, 0.1) is 17.2 Å². The molecule has 1 aromatic heterocycles. The fourth-order valence-electron chi connectivity index (χ4n) is 5.23. The maximum Gasteiger partial charge on any atom is 0.341 e. The molecule has 3 atom stereocenters. The summed E-state index contributed by atoms with van der Waals surface area (Å²) in [7, 11) is 3.15. The van der Waals surface area contributed by atoms with Crippen molar-refractivity contribution in [3.05, 3.63) is 45.5 Å². The van der Waals surface area contributed by atoms with Crippen LogP contribution < -0.4 is 14.9 Å². The second kappa shape index (κ2) is 11.0. The number of pyridine rings is 1. The second-order valence-corrected chi connectivity index (χ2v) is 10.2. The number of halogens is 1. The minimum absolute atomic E-state index is 0.0803. The van der Waals surface area contributed by atoms with Crippen LogP contribution in [0.1, 0.15) is 81.8 Å². The molecule has 0 amide bonds. The van der Waals surface area contributed by atoms with Crippen LogP contribution in [0.5, 0.6) is 11.5 Å². The van der Waals surface area contributed by atoms with E-state index in [4.69, 9.17) is 14.2 Å². The molecule has 0 aliphatic carbocycles. The zero-order valence-electron chi connectivity index (χ0n) is 22.3. The van der Waals surface area contributed by atoms with Gasteiger partial charge in [0.25, 0.3) is 0 Å². The zero-order valence-corrected chi connectivity index (χ0v) is 22.3. The van der Waals surface area contributed by atoms with E-state index in [-0.39, 0.29) is 29.0 Å². The first-order valence-electron chi connectivity index (χ1n) is 12.6. The number of hydrogen-bond donors (Lipinski definition) is 1. The largest absolute Gasteiger partial charge is 0.493 e. The Hall–Kier alpha value is -2.87. The van der Waals surface area contributed by atoms with Gasteiger partial charge in [0.15, 0.2) is 17.3 Å². The van der Waals surface area contributed by atoms with Crippen LogP contribution in [0.3, 0.4) is 0 Å². The van der Waals surface area contributed by atoms with Gasteiger partial charge in [-0.3, -0.25) is 4.79 Å². The predicted octanol–water partition coefficient (Wildman–Crippen LogP) is 5.90. The lowest BCUT2D eigenvalue weighted by Crippen LogP contribution is -2.40. The summed E-state index contributed by atoms with van der Waals surface area (Å²) in [5.41, 5.74) is -0.526. The van der Waals surface area contributed by atoms with Crippen molar-refractivity contribution in [1.82, 2.24) is 4.57 Å². The lowest BCUT2D eigenvalue weighted by atomic mass is 9.65. The van der Waals surface area contributed by atoms with Gasteiger partial charge in [-0.25, -0.2) is 9.18 Å². The standard InChI is InChI=1S/C28H38FNO6/c1-8-16(3)22-17-13-21(36-12-10-11-34-6)20(35-7)14-18(17)24-23(29)25(31)19(27(32)33)15-30(24)26(22)28(4,5)9-2/h13-16,22,26H,8-12H2,1-7H3,(H,32,33)/t16?,22?,26-/m1/s1. The van der Waals surface area contributed by atoms with Crippen LogP contribution in [-0.2, 0) is 4.74 Å². The summed E-state index contributed by atoms with van der Waals surface area (Å²) in [6.07, 6.45) is 3.65. The maximum atomic E-state index is 15.8. The first kappa shape index (κ1) is 27.7. The van der Waals surface area contributed by atoms with Crippen LogP contribution in [0.15, 0.2) is 23.1 Å². The average molecular weight is 504 g/mol. The van der Waals surface area contributed by atoms with E-state index in [1.54, 1.807) is 17.7 Å². The third-order valence-electron chi connectivity index (χ3n) is 7.72. The van der Waals surface area contributed by atoms with Crippen molar-refractivity contribution in [2.24, 2.45) is 11.3 Å². The maximum absolute atomic E-state index is 15.8. The zero-order chi connectivity index (χ0) is 26.8. The summed E-state index contributed by atoms with van der Waals surface area (Å²) in [5.74, 6) is -1.44. The van der Waals surface area contributed by atoms with E-state index in [9.17, 15) is 14.7 Å². The molecule has 0 saturated carbocycles. The lowest BCUT2D eigenvalue weighted by molar-refractivity contribution is 0.0691. The highest BCUT2D eigenvalue weighted by molar-refractivity contribution is 5.88. The highest BCUT2D eigenvalue weighted by Gasteiger charge is 2.45. The number of hydrogen-bond acceptors (Lipinski definition) is 5. The molecule has 1 aliphatic heterocycles. The van der Waals surface area contributed by atoms with Crippen LogP contribution in [0.25, 0.3) is 11.3 Å². The van der Waals surface area contributed by atoms with Gasteiger partial charge >= 0.3 is 5.97 Å². The number of fused-ring (bicyclic) bond motifs is 3. The molecular weight excluding hydrogens is 465 g/mol. The Morgan fingerprint density at radius 3 is 2.44 bits per heavy atom. The van der Waals surface area contributed by atoms with Crippen molar-refractivity contribution in [2.45, 2.75) is 65.8 Å². The van der Waals surface area contributed by atoms with Gasteiger partial charge in [-0.1, -0.05) is 41.0 Å². The van der Waals surface area contributed by atoms with Gasteiger partial charge in [0, 0.05) is 43.9 Å². The van der Waals surface area contributed by atoms with Gasteiger partial charge in [0.05, 0.1) is 19.4 Å². The Morgan fingerprint density at radius 1 is 1.19 bits per heavy atom. The Labute approximate surface area is 212 Å². The summed E-state index contributed by atoms with van der Waals surface area (Å²) >= 11 is 0. The van der Waals surface area contributed by atoms with E-state index >= 15 is 4.39 Å². The predicted molar refractivity (Wildman–Crippen MR) is 137 cm³/mol. The van der Waals surface area contributed by atoms with E-state index in [0.29, 0.717) is 36.7 Å². The van der Waals surface area contributed by atoms with Crippen molar-refractivity contribution in [3.8, 4) is 22.8 Å². The smallest absolute Gasteiger partial charge is 0.341 e. The highest BCUT2D eigenvalue weighted by Crippen LogP contribution is 2.56. The van der Waals surface area contributed by atoms with Gasteiger partial charge in [0.1, 0.15) is 5.56 Å². The monoisotopic (exact) mass is 503 g/mol. The summed E-state index contributed by atoms with van der Waals surface area (Å²) in [4.78, 5) is 24.6. The molecule has 0 radical (unpaired) electrons. The van der Waals surface area contributed by atoms with Crippen LogP contribution >= 0.6 is 0 Å². The van der Waals surface area contributed by atoms with Gasteiger partial charge in [-0.05, 0) is 35.4 Å². The Balaban J connectivity index is 2.40. The number of aromatic nitrogens is 1. The molecule has 0 bridgehead atoms. The van der Waals surface area contributed by atoms with E-state index in [2.05, 4.69) is 34.6 Å². The number of methoxy groups -OCH3 is 2. The SMILES string of the molecule is CCC(C)C1c2cc(OCCCOC)c(OC)cc2-c2c(F)c(=O)c(C(=O)O)cn2[C@H]1C(C)(C)CC. The molecule has 1 aromatic carbocycles. The molecule has 8 heteroatoms. The number of aromatic carboxylic acids is 1.